The molecule has 0 aliphatic heterocycles. The minimum Gasteiger partial charge on any atom is -0.414 e. The SMILES string of the molecule is NC(Cc1c[nH]c2ccccc12)c1nnc(SCC=Cc2ccccc2)o1. The third-order valence-corrected chi connectivity index (χ3v) is 5.04. The number of para-hydroxylation sites is 1. The lowest BCUT2D eigenvalue weighted by atomic mass is 10.1. The molecular weight excluding hydrogens is 356 g/mol. The minimum atomic E-state index is -0.328. The van der Waals surface area contributed by atoms with Gasteiger partial charge in [-0.05, 0) is 23.6 Å². The summed E-state index contributed by atoms with van der Waals surface area (Å²) in [5.41, 5.74) is 9.71. The maximum absolute atomic E-state index is 6.29. The van der Waals surface area contributed by atoms with Gasteiger partial charge in [0.1, 0.15) is 0 Å². The number of H-pyrrole nitrogens is 1. The van der Waals surface area contributed by atoms with Crippen molar-refractivity contribution < 1.29 is 4.42 Å². The largest absolute Gasteiger partial charge is 0.414 e. The van der Waals surface area contributed by atoms with Gasteiger partial charge >= 0.3 is 0 Å². The van der Waals surface area contributed by atoms with Gasteiger partial charge in [-0.2, -0.15) is 0 Å². The van der Waals surface area contributed by atoms with E-state index < -0.39 is 0 Å². The van der Waals surface area contributed by atoms with E-state index in [-0.39, 0.29) is 6.04 Å². The number of nitrogens with two attached hydrogens (primary N) is 1. The molecule has 1 unspecified atom stereocenters. The van der Waals surface area contributed by atoms with E-state index in [4.69, 9.17) is 10.2 Å². The van der Waals surface area contributed by atoms with Gasteiger partial charge < -0.3 is 15.1 Å². The molecule has 27 heavy (non-hydrogen) atoms. The van der Waals surface area contributed by atoms with Crippen LogP contribution in [0.5, 0.6) is 0 Å². The summed E-state index contributed by atoms with van der Waals surface area (Å²) >= 11 is 1.50. The third-order valence-electron chi connectivity index (χ3n) is 4.27. The van der Waals surface area contributed by atoms with E-state index in [1.165, 1.54) is 22.7 Å². The zero-order chi connectivity index (χ0) is 18.5. The topological polar surface area (TPSA) is 80.7 Å². The number of aromatic nitrogens is 3. The van der Waals surface area contributed by atoms with Crippen molar-refractivity contribution in [2.45, 2.75) is 17.7 Å². The second-order valence-corrected chi connectivity index (χ2v) is 7.17. The van der Waals surface area contributed by atoms with Crippen LogP contribution in [0.25, 0.3) is 17.0 Å². The van der Waals surface area contributed by atoms with Crippen molar-refractivity contribution in [2.75, 3.05) is 5.75 Å². The van der Waals surface area contributed by atoms with Gasteiger partial charge in [-0.25, -0.2) is 0 Å². The van der Waals surface area contributed by atoms with Crippen LogP contribution in [-0.4, -0.2) is 20.9 Å². The Labute approximate surface area is 161 Å². The van der Waals surface area contributed by atoms with E-state index in [0.29, 0.717) is 17.5 Å². The highest BCUT2D eigenvalue weighted by atomic mass is 32.2. The Kier molecular flexibility index (Phi) is 5.37. The molecule has 136 valence electrons. The van der Waals surface area contributed by atoms with Crippen molar-refractivity contribution in [2.24, 2.45) is 5.73 Å². The van der Waals surface area contributed by atoms with Crippen LogP contribution >= 0.6 is 11.8 Å². The van der Waals surface area contributed by atoms with Crippen LogP contribution in [0.4, 0.5) is 0 Å². The molecule has 4 aromatic rings. The van der Waals surface area contributed by atoms with Gasteiger partial charge in [-0.15, -0.1) is 10.2 Å². The maximum Gasteiger partial charge on any atom is 0.276 e. The molecule has 4 rings (SSSR count). The highest BCUT2D eigenvalue weighted by molar-refractivity contribution is 7.99. The molecule has 2 aromatic heterocycles. The highest BCUT2D eigenvalue weighted by Gasteiger charge is 2.17. The quantitative estimate of drug-likeness (QED) is 0.461. The first-order valence-corrected chi connectivity index (χ1v) is 9.76. The summed E-state index contributed by atoms with van der Waals surface area (Å²) < 4.78 is 5.73. The molecule has 0 radical (unpaired) electrons. The number of benzene rings is 2. The number of rotatable bonds is 7. The smallest absolute Gasteiger partial charge is 0.276 e. The fourth-order valence-corrected chi connectivity index (χ4v) is 3.50. The number of hydrogen-bond acceptors (Lipinski definition) is 5. The lowest BCUT2D eigenvalue weighted by molar-refractivity contribution is 0.386. The summed E-state index contributed by atoms with van der Waals surface area (Å²) in [6, 6.07) is 18.0. The summed E-state index contributed by atoms with van der Waals surface area (Å²) in [6.07, 6.45) is 6.79. The van der Waals surface area contributed by atoms with Gasteiger partial charge in [0.2, 0.25) is 5.89 Å². The standard InChI is InChI=1S/C21H20N4OS/c22-18(13-16-14-23-19-11-5-4-10-17(16)19)20-24-25-21(26-20)27-12-6-9-15-7-2-1-3-8-15/h1-11,14,18,23H,12-13,22H2. The molecule has 6 heteroatoms. The molecule has 0 aliphatic rings. The molecule has 2 aromatic carbocycles. The van der Waals surface area contributed by atoms with E-state index in [0.717, 1.165) is 16.8 Å². The summed E-state index contributed by atoms with van der Waals surface area (Å²) in [7, 11) is 0. The van der Waals surface area contributed by atoms with Gasteiger partial charge in [0, 0.05) is 22.9 Å². The maximum atomic E-state index is 6.29. The van der Waals surface area contributed by atoms with E-state index in [9.17, 15) is 0 Å². The molecular formula is C21H20N4OS. The number of aromatic amines is 1. The monoisotopic (exact) mass is 376 g/mol. The fourth-order valence-electron chi connectivity index (χ4n) is 2.92. The normalized spacial score (nSPS) is 12.8. The zero-order valence-corrected chi connectivity index (χ0v) is 15.5. The predicted octanol–water partition coefficient (Wildman–Crippen LogP) is 4.60. The molecule has 0 saturated carbocycles. The van der Waals surface area contributed by atoms with E-state index >= 15 is 0 Å². The van der Waals surface area contributed by atoms with Crippen LogP contribution in [-0.2, 0) is 6.42 Å². The first-order valence-electron chi connectivity index (χ1n) is 8.78. The Bertz CT molecular complexity index is 1040. The van der Waals surface area contributed by atoms with E-state index in [1.54, 1.807) is 0 Å². The second-order valence-electron chi connectivity index (χ2n) is 6.20. The van der Waals surface area contributed by atoms with Crippen LogP contribution in [0, 0.1) is 0 Å². The lowest BCUT2D eigenvalue weighted by Gasteiger charge is -2.05. The molecule has 0 aliphatic carbocycles. The van der Waals surface area contributed by atoms with Crippen LogP contribution in [0.1, 0.15) is 23.1 Å². The van der Waals surface area contributed by atoms with Gasteiger partial charge in [-0.3, -0.25) is 0 Å². The molecule has 0 bridgehead atoms. The van der Waals surface area contributed by atoms with Crippen molar-refractivity contribution in [3.63, 3.8) is 0 Å². The molecule has 0 saturated heterocycles. The van der Waals surface area contributed by atoms with Crippen molar-refractivity contribution >= 4 is 28.7 Å². The van der Waals surface area contributed by atoms with Crippen molar-refractivity contribution in [3.05, 3.63) is 83.9 Å². The number of hydrogen-bond donors (Lipinski definition) is 2. The first kappa shape index (κ1) is 17.6. The van der Waals surface area contributed by atoms with Crippen molar-refractivity contribution in [1.29, 1.82) is 0 Å². The van der Waals surface area contributed by atoms with Crippen molar-refractivity contribution in [1.82, 2.24) is 15.2 Å². The lowest BCUT2D eigenvalue weighted by Crippen LogP contribution is -2.13. The molecule has 0 amide bonds. The average Bonchev–Trinajstić information content (AvgIpc) is 3.34. The molecule has 0 spiro atoms. The number of nitrogens with one attached hydrogen (secondary N) is 1. The van der Waals surface area contributed by atoms with Gasteiger partial charge in [0.25, 0.3) is 5.22 Å². The summed E-state index contributed by atoms with van der Waals surface area (Å²) in [5, 5.41) is 9.93. The molecule has 0 fully saturated rings. The predicted molar refractivity (Wildman–Crippen MR) is 109 cm³/mol. The van der Waals surface area contributed by atoms with Crippen LogP contribution in [0.2, 0.25) is 0 Å². The highest BCUT2D eigenvalue weighted by Crippen LogP contribution is 2.24. The van der Waals surface area contributed by atoms with Gasteiger partial charge in [0.05, 0.1) is 6.04 Å². The number of thioether (sulfide) groups is 1. The van der Waals surface area contributed by atoms with Crippen molar-refractivity contribution in [3.8, 4) is 0 Å². The number of nitrogens with zero attached hydrogens (tertiary/aromatic N) is 2. The Morgan fingerprint density at radius 2 is 1.89 bits per heavy atom. The third kappa shape index (κ3) is 4.30. The Hall–Kier alpha value is -2.83. The summed E-state index contributed by atoms with van der Waals surface area (Å²) in [6.45, 7) is 0. The Morgan fingerprint density at radius 3 is 2.78 bits per heavy atom. The van der Waals surface area contributed by atoms with Crippen LogP contribution in [0.15, 0.2) is 76.5 Å². The van der Waals surface area contributed by atoms with Gasteiger partial charge in [-0.1, -0.05) is 72.4 Å². The second kappa shape index (κ2) is 8.24. The Morgan fingerprint density at radius 1 is 1.07 bits per heavy atom. The average molecular weight is 376 g/mol. The van der Waals surface area contributed by atoms with Gasteiger partial charge in [0.15, 0.2) is 0 Å². The molecule has 5 nitrogen and oxygen atoms in total. The van der Waals surface area contributed by atoms with E-state index in [2.05, 4.69) is 51.6 Å². The van der Waals surface area contributed by atoms with Crippen LogP contribution < -0.4 is 5.73 Å². The molecule has 2 heterocycles. The fraction of sp³-hybridized carbons (Fsp3) is 0.143. The molecule has 1 atom stereocenters. The van der Waals surface area contributed by atoms with Crippen LogP contribution in [0.3, 0.4) is 0 Å². The summed E-state index contributed by atoms with van der Waals surface area (Å²) in [4.78, 5) is 3.26. The summed E-state index contributed by atoms with van der Waals surface area (Å²) in [5.74, 6) is 1.23. The van der Waals surface area contributed by atoms with E-state index in [1.807, 2.05) is 36.5 Å². The molecule has 3 N–H and O–H groups in total. The first-order chi connectivity index (χ1) is 13.3. The Balaban J connectivity index is 1.35. The minimum absolute atomic E-state index is 0.328. The number of fused-ring (bicyclic) bond motifs is 1. The zero-order valence-electron chi connectivity index (χ0n) is 14.7.